The average molecular weight is 783 g/mol. The number of hydrogen-bond donors (Lipinski definition) is 1. The van der Waals surface area contributed by atoms with Crippen LogP contribution in [0.4, 0.5) is 45.2 Å². The molecule has 1 saturated carbocycles. The number of carboxylic acid groups (broad SMARTS) is 1. The van der Waals surface area contributed by atoms with Crippen LogP contribution in [0.3, 0.4) is 0 Å². The van der Waals surface area contributed by atoms with Crippen molar-refractivity contribution in [3.63, 3.8) is 0 Å². The average Bonchev–Trinajstić information content (AvgIpc) is 3.23. The van der Waals surface area contributed by atoms with E-state index in [0.29, 0.717) is 42.8 Å². The lowest BCUT2D eigenvalue weighted by molar-refractivity contribution is -0.139. The van der Waals surface area contributed by atoms with Gasteiger partial charge in [-0.15, -0.1) is 12.8 Å². The number of benzene rings is 1. The minimum absolute atomic E-state index is 0.0200. The van der Waals surface area contributed by atoms with Crippen molar-refractivity contribution >= 4 is 18.4 Å². The number of aryl methyl sites for hydroxylation is 1. The molecule has 0 aromatic heterocycles. The van der Waals surface area contributed by atoms with Gasteiger partial charge in [-0.25, -0.2) is 0 Å². The predicted molar refractivity (Wildman–Crippen MR) is 192 cm³/mol. The fraction of sp³-hybridized carbons (Fsp3) is 0.622. The first-order valence-electron chi connectivity index (χ1n) is 17.2. The largest absolute Gasteiger partial charge is 0.481 e. The quantitative estimate of drug-likeness (QED) is 0.0570. The minimum atomic E-state index is -4.57. The number of terminal acetylenes is 1. The molecular formula is C37H51F9N6O2. The van der Waals surface area contributed by atoms with Crippen LogP contribution in [0.1, 0.15) is 93.5 Å². The summed E-state index contributed by atoms with van der Waals surface area (Å²) in [6.07, 6.45) is -0.671. The summed E-state index contributed by atoms with van der Waals surface area (Å²) in [5.41, 5.74) is 0.428. The van der Waals surface area contributed by atoms with Crippen molar-refractivity contribution in [1.29, 1.82) is 0 Å². The number of alkyl halides is 9. The number of aliphatic carboxylic acids is 1. The van der Waals surface area contributed by atoms with Crippen molar-refractivity contribution in [2.24, 2.45) is 27.3 Å². The predicted octanol–water partition coefficient (Wildman–Crippen LogP) is 10.7. The summed E-state index contributed by atoms with van der Waals surface area (Å²) in [5, 5.41) is 22.1. The van der Waals surface area contributed by atoms with E-state index in [4.69, 9.17) is 0 Å². The Hall–Kier alpha value is -4.07. The molecule has 1 unspecified atom stereocenters. The van der Waals surface area contributed by atoms with Crippen LogP contribution in [-0.4, -0.2) is 73.5 Å². The topological polar surface area (TPSA) is 84.1 Å². The standard InChI is InChI=1S/C31H44F6N6O2.C4H5F3.C2H2/c1-20(12-13-30(32,33)34)17-43(19-39-40-41(5)38-4)26-7-6-14-42(18-24-10-8-23(9-11-24)16-27(44)45)29-22(3)28(31(35,36)37)21(2)15-25(26)29;1-3(2)4(5,6)7;1-2/h12,15,23-24,26H,4,6-11,13-14,16-19H2,1-3,5H3,(H,44,45);1H2,2H3;1-2H/b20-12+,40-39-;;. The van der Waals surface area contributed by atoms with Crippen LogP contribution in [0.25, 0.3) is 0 Å². The Labute approximate surface area is 311 Å². The Kier molecular flexibility index (Phi) is 18.8. The molecule has 304 valence electrons. The van der Waals surface area contributed by atoms with Gasteiger partial charge in [0, 0.05) is 50.1 Å². The van der Waals surface area contributed by atoms with Crippen molar-refractivity contribution < 1.29 is 49.4 Å². The summed E-state index contributed by atoms with van der Waals surface area (Å²) < 4.78 is 115. The summed E-state index contributed by atoms with van der Waals surface area (Å²) in [4.78, 5) is 15.1. The van der Waals surface area contributed by atoms with E-state index in [2.05, 4.69) is 41.6 Å². The van der Waals surface area contributed by atoms with Gasteiger partial charge in [0.25, 0.3) is 0 Å². The van der Waals surface area contributed by atoms with Crippen molar-refractivity contribution in [1.82, 2.24) is 10.0 Å². The third-order valence-electron chi connectivity index (χ3n) is 9.24. The molecule has 1 aliphatic heterocycles. The van der Waals surface area contributed by atoms with Crippen LogP contribution in [-0.2, 0) is 11.0 Å². The first kappa shape index (κ1) is 48.0. The lowest BCUT2D eigenvalue weighted by Crippen LogP contribution is -2.34. The fourth-order valence-electron chi connectivity index (χ4n) is 6.76. The molecule has 54 heavy (non-hydrogen) atoms. The van der Waals surface area contributed by atoms with Gasteiger partial charge >= 0.3 is 24.5 Å². The number of hydrazone groups is 1. The lowest BCUT2D eigenvalue weighted by atomic mass is 9.80. The number of halogens is 9. The molecule has 1 atom stereocenters. The molecular weight excluding hydrogens is 731 g/mol. The van der Waals surface area contributed by atoms with Crippen molar-refractivity contribution in [3.8, 4) is 12.8 Å². The zero-order chi connectivity index (χ0) is 41.6. The van der Waals surface area contributed by atoms with Crippen LogP contribution < -0.4 is 4.90 Å². The molecule has 2 aliphatic rings. The van der Waals surface area contributed by atoms with Gasteiger partial charge in [0.15, 0.2) is 0 Å². The summed E-state index contributed by atoms with van der Waals surface area (Å²) in [6, 6.07) is 1.14. The molecule has 0 saturated heterocycles. The van der Waals surface area contributed by atoms with Gasteiger partial charge in [0.05, 0.1) is 19.0 Å². The number of carbonyl (C=O) groups is 1. The molecule has 3 rings (SSSR count). The highest BCUT2D eigenvalue weighted by atomic mass is 19.4. The number of rotatable bonds is 12. The van der Waals surface area contributed by atoms with Crippen LogP contribution in [0, 0.1) is 38.5 Å². The van der Waals surface area contributed by atoms with Gasteiger partial charge < -0.3 is 10.0 Å². The third-order valence-corrected chi connectivity index (χ3v) is 9.24. The molecule has 0 radical (unpaired) electrons. The number of allylic oxidation sites excluding steroid dienone is 2. The molecule has 0 amide bonds. The van der Waals surface area contributed by atoms with Gasteiger partial charge in [-0.1, -0.05) is 29.5 Å². The van der Waals surface area contributed by atoms with E-state index in [9.17, 15) is 49.4 Å². The fourth-order valence-corrected chi connectivity index (χ4v) is 6.76. The van der Waals surface area contributed by atoms with E-state index in [1.54, 1.807) is 13.0 Å². The molecule has 1 fully saturated rings. The SMILES string of the molecule is C#C.C=C(C)C(F)(F)F.C=NN(C)/N=N\CN(C/C(C)=C/CC(F)(F)F)C1CCCN(CC2CCC(CC(=O)O)CC2)c2c1cc(C)c(C(F)(F)F)c2C. The highest BCUT2D eigenvalue weighted by Gasteiger charge is 2.39. The molecule has 0 bridgehead atoms. The van der Waals surface area contributed by atoms with Crippen LogP contribution in [0.5, 0.6) is 0 Å². The number of nitrogens with zero attached hydrogens (tertiary/aromatic N) is 6. The second-order valence-electron chi connectivity index (χ2n) is 13.6. The zero-order valence-corrected chi connectivity index (χ0v) is 31.4. The molecule has 0 spiro atoms. The smallest absolute Gasteiger partial charge is 0.416 e. The van der Waals surface area contributed by atoms with Crippen LogP contribution >= 0.6 is 0 Å². The summed E-state index contributed by atoms with van der Waals surface area (Å²) in [7, 11) is 1.52. The summed E-state index contributed by atoms with van der Waals surface area (Å²) >= 11 is 0. The second kappa shape index (κ2) is 21.1. The molecule has 8 nitrogen and oxygen atoms in total. The number of fused-ring (bicyclic) bond motifs is 1. The number of anilines is 1. The first-order chi connectivity index (χ1) is 24.9. The monoisotopic (exact) mass is 782 g/mol. The summed E-state index contributed by atoms with van der Waals surface area (Å²) in [5.74, 6) is -0.516. The second-order valence-corrected chi connectivity index (χ2v) is 13.6. The van der Waals surface area contributed by atoms with Gasteiger partial charge in [0.1, 0.15) is 6.67 Å². The Morgan fingerprint density at radius 3 is 2.06 bits per heavy atom. The van der Waals surface area contributed by atoms with E-state index in [1.807, 2.05) is 9.80 Å². The highest BCUT2D eigenvalue weighted by Crippen LogP contribution is 2.46. The molecule has 1 aliphatic carbocycles. The van der Waals surface area contributed by atoms with Gasteiger partial charge in [-0.3, -0.25) is 9.69 Å². The van der Waals surface area contributed by atoms with Gasteiger partial charge in [-0.2, -0.15) is 54.8 Å². The Bertz CT molecular complexity index is 1480. The van der Waals surface area contributed by atoms with E-state index < -0.39 is 48.1 Å². The maximum absolute atomic E-state index is 14.4. The Morgan fingerprint density at radius 1 is 1.02 bits per heavy atom. The van der Waals surface area contributed by atoms with E-state index in [1.165, 1.54) is 20.9 Å². The normalized spacial score (nSPS) is 19.5. The van der Waals surface area contributed by atoms with E-state index in [-0.39, 0.29) is 42.6 Å². The Balaban J connectivity index is 0.00000145. The van der Waals surface area contributed by atoms with Crippen molar-refractivity contribution in [2.45, 2.75) is 104 Å². The molecule has 1 heterocycles. The van der Waals surface area contributed by atoms with E-state index >= 15 is 0 Å². The van der Waals surface area contributed by atoms with Crippen molar-refractivity contribution in [3.05, 3.63) is 52.1 Å². The van der Waals surface area contributed by atoms with Crippen LogP contribution in [0.2, 0.25) is 0 Å². The van der Waals surface area contributed by atoms with Gasteiger partial charge in [0.2, 0.25) is 0 Å². The highest BCUT2D eigenvalue weighted by molar-refractivity contribution is 5.67. The van der Waals surface area contributed by atoms with Gasteiger partial charge in [-0.05, 0) is 94.7 Å². The number of carboxylic acids is 1. The molecule has 1 aromatic rings. The molecule has 1 N–H and O–H groups in total. The van der Waals surface area contributed by atoms with Crippen molar-refractivity contribution in [2.75, 3.05) is 38.3 Å². The Morgan fingerprint density at radius 2 is 1.57 bits per heavy atom. The van der Waals surface area contributed by atoms with E-state index in [0.717, 1.165) is 43.8 Å². The maximum atomic E-state index is 14.4. The van der Waals surface area contributed by atoms with Crippen LogP contribution in [0.15, 0.2) is 45.3 Å². The molecule has 1 aromatic carbocycles. The minimum Gasteiger partial charge on any atom is -0.481 e. The maximum Gasteiger partial charge on any atom is 0.416 e. The first-order valence-corrected chi connectivity index (χ1v) is 17.2. The lowest BCUT2D eigenvalue weighted by Gasteiger charge is -2.37. The summed E-state index contributed by atoms with van der Waals surface area (Å²) in [6.45, 7) is 12.7. The third kappa shape index (κ3) is 15.7. The molecule has 17 heteroatoms. The zero-order valence-electron chi connectivity index (χ0n) is 31.4. The number of hydrogen-bond acceptors (Lipinski definition) is 6.